The van der Waals surface area contributed by atoms with Crippen LogP contribution in [0.3, 0.4) is 0 Å². The van der Waals surface area contributed by atoms with Crippen LogP contribution >= 0.6 is 0 Å². The maximum atomic E-state index is 7.06. The molecule has 0 aliphatic carbocycles. The van der Waals surface area contributed by atoms with Gasteiger partial charge in [-0.05, 0) is 41.0 Å². The molecule has 28 heavy (non-hydrogen) atoms. The van der Waals surface area contributed by atoms with E-state index in [1.54, 1.807) is 0 Å². The number of hydrogen-bond donors (Lipinski definition) is 0. The van der Waals surface area contributed by atoms with E-state index in [4.69, 9.17) is 8.85 Å². The molecule has 0 saturated heterocycles. The zero-order chi connectivity index (χ0) is 20.6. The van der Waals surface area contributed by atoms with Crippen molar-refractivity contribution in [2.45, 2.75) is 60.5 Å². The standard InChI is InChI=1S/C25H38O2Si/c1-20(2)14-13-19-26-28(23-15-9-7-10-16-23,24-17-11-8-12-18-24)27-25(21(3)4)22(5)6/h7-12,15-18,20-22,25H,13-14,19H2,1-6H3. The minimum absolute atomic E-state index is 0.150. The molecule has 0 saturated carbocycles. The molecule has 154 valence electrons. The first-order valence-corrected chi connectivity index (χ1v) is 12.6. The second-order valence-electron chi connectivity index (χ2n) is 8.80. The maximum Gasteiger partial charge on any atom is 0.407 e. The Morgan fingerprint density at radius 3 is 1.57 bits per heavy atom. The highest BCUT2D eigenvalue weighted by Crippen LogP contribution is 2.23. The van der Waals surface area contributed by atoms with Gasteiger partial charge in [0.15, 0.2) is 0 Å². The smallest absolute Gasteiger partial charge is 0.388 e. The molecule has 0 aliphatic rings. The van der Waals surface area contributed by atoms with Crippen molar-refractivity contribution in [1.82, 2.24) is 0 Å². The van der Waals surface area contributed by atoms with E-state index in [-0.39, 0.29) is 6.10 Å². The summed E-state index contributed by atoms with van der Waals surface area (Å²) in [5.41, 5.74) is 0. The lowest BCUT2D eigenvalue weighted by molar-refractivity contribution is 0.0627. The lowest BCUT2D eigenvalue weighted by atomic mass is 9.97. The van der Waals surface area contributed by atoms with E-state index in [2.05, 4.69) is 102 Å². The first-order chi connectivity index (χ1) is 13.4. The van der Waals surface area contributed by atoms with Crippen molar-refractivity contribution >= 4 is 18.9 Å². The molecule has 2 nitrogen and oxygen atoms in total. The normalized spacial score (nSPS) is 12.5. The van der Waals surface area contributed by atoms with Gasteiger partial charge >= 0.3 is 8.56 Å². The van der Waals surface area contributed by atoms with E-state index in [1.807, 2.05) is 0 Å². The van der Waals surface area contributed by atoms with Gasteiger partial charge in [0.25, 0.3) is 0 Å². The summed E-state index contributed by atoms with van der Waals surface area (Å²) >= 11 is 0. The second kappa shape index (κ2) is 10.9. The molecule has 0 heterocycles. The van der Waals surface area contributed by atoms with Crippen LogP contribution in [0.2, 0.25) is 0 Å². The molecule has 0 amide bonds. The molecule has 2 aromatic carbocycles. The predicted molar refractivity (Wildman–Crippen MR) is 122 cm³/mol. The highest BCUT2D eigenvalue weighted by molar-refractivity contribution is 6.92. The topological polar surface area (TPSA) is 18.5 Å². The summed E-state index contributed by atoms with van der Waals surface area (Å²) in [6, 6.07) is 21.2. The molecule has 0 aliphatic heterocycles. The van der Waals surface area contributed by atoms with Crippen LogP contribution in [0.5, 0.6) is 0 Å². The van der Waals surface area contributed by atoms with E-state index in [0.29, 0.717) is 17.8 Å². The summed E-state index contributed by atoms with van der Waals surface area (Å²) in [6.45, 7) is 14.3. The Morgan fingerprint density at radius 1 is 0.714 bits per heavy atom. The molecule has 0 fully saturated rings. The van der Waals surface area contributed by atoms with Crippen molar-refractivity contribution < 1.29 is 8.85 Å². The molecule has 0 aromatic heterocycles. The van der Waals surface area contributed by atoms with Gasteiger partial charge in [-0.2, -0.15) is 0 Å². The van der Waals surface area contributed by atoms with Crippen LogP contribution in [-0.4, -0.2) is 21.3 Å². The van der Waals surface area contributed by atoms with E-state index < -0.39 is 8.56 Å². The molecule has 0 N–H and O–H groups in total. The van der Waals surface area contributed by atoms with Gasteiger partial charge < -0.3 is 8.85 Å². The molecule has 0 atom stereocenters. The Morgan fingerprint density at radius 2 is 1.18 bits per heavy atom. The molecule has 0 radical (unpaired) electrons. The molecule has 2 aromatic rings. The first-order valence-electron chi connectivity index (χ1n) is 10.8. The minimum atomic E-state index is -2.81. The van der Waals surface area contributed by atoms with Gasteiger partial charge in [-0.1, -0.05) is 102 Å². The Hall–Kier alpha value is -1.42. The highest BCUT2D eigenvalue weighted by atomic mass is 28.4. The zero-order valence-electron chi connectivity index (χ0n) is 18.5. The summed E-state index contributed by atoms with van der Waals surface area (Å²) in [7, 11) is -2.81. The average Bonchev–Trinajstić information content (AvgIpc) is 2.68. The van der Waals surface area contributed by atoms with Crippen LogP contribution in [0.25, 0.3) is 0 Å². The molecule has 2 rings (SSSR count). The number of hydrogen-bond acceptors (Lipinski definition) is 2. The van der Waals surface area contributed by atoms with Crippen molar-refractivity contribution in [3.8, 4) is 0 Å². The molecule has 3 heteroatoms. The van der Waals surface area contributed by atoms with Gasteiger partial charge in [0.1, 0.15) is 0 Å². The van der Waals surface area contributed by atoms with Crippen molar-refractivity contribution in [2.75, 3.05) is 6.61 Å². The Kier molecular flexibility index (Phi) is 8.93. The monoisotopic (exact) mass is 398 g/mol. The summed E-state index contributed by atoms with van der Waals surface area (Å²) in [5, 5.41) is 2.38. The van der Waals surface area contributed by atoms with Gasteiger partial charge in [-0.3, -0.25) is 0 Å². The third-order valence-corrected chi connectivity index (χ3v) is 8.56. The zero-order valence-corrected chi connectivity index (χ0v) is 19.5. The van der Waals surface area contributed by atoms with Gasteiger partial charge in [0.2, 0.25) is 0 Å². The summed E-state index contributed by atoms with van der Waals surface area (Å²) in [6.07, 6.45) is 2.38. The van der Waals surface area contributed by atoms with Crippen LogP contribution in [0.15, 0.2) is 60.7 Å². The molecule has 0 bridgehead atoms. The lowest BCUT2D eigenvalue weighted by Gasteiger charge is -2.38. The molecular weight excluding hydrogens is 360 g/mol. The van der Waals surface area contributed by atoms with Crippen molar-refractivity contribution in [2.24, 2.45) is 17.8 Å². The first kappa shape index (κ1) is 22.9. The van der Waals surface area contributed by atoms with Crippen molar-refractivity contribution in [3.05, 3.63) is 60.7 Å². The Balaban J connectivity index is 2.48. The van der Waals surface area contributed by atoms with Crippen molar-refractivity contribution in [3.63, 3.8) is 0 Å². The fourth-order valence-electron chi connectivity index (χ4n) is 3.76. The SMILES string of the molecule is CC(C)CCCO[Si](OC(C(C)C)C(C)C)(c1ccccc1)c1ccccc1. The summed E-state index contributed by atoms with van der Waals surface area (Å²) < 4.78 is 13.9. The maximum absolute atomic E-state index is 7.06. The van der Waals surface area contributed by atoms with Gasteiger partial charge in [-0.25, -0.2) is 0 Å². The number of benzene rings is 2. The minimum Gasteiger partial charge on any atom is -0.388 e. The highest BCUT2D eigenvalue weighted by Gasteiger charge is 2.45. The fourth-order valence-corrected chi connectivity index (χ4v) is 7.39. The summed E-state index contributed by atoms with van der Waals surface area (Å²) in [4.78, 5) is 0. The van der Waals surface area contributed by atoms with E-state index in [9.17, 15) is 0 Å². The van der Waals surface area contributed by atoms with Gasteiger partial charge in [0.05, 0.1) is 6.10 Å². The van der Waals surface area contributed by atoms with Crippen LogP contribution in [-0.2, 0) is 8.85 Å². The van der Waals surface area contributed by atoms with Gasteiger partial charge in [0, 0.05) is 6.61 Å². The van der Waals surface area contributed by atoms with E-state index >= 15 is 0 Å². The lowest BCUT2D eigenvalue weighted by Crippen LogP contribution is -2.65. The molecular formula is C25H38O2Si. The quantitative estimate of drug-likeness (QED) is 0.373. The van der Waals surface area contributed by atoms with Gasteiger partial charge in [-0.15, -0.1) is 0 Å². The Bertz CT molecular complexity index is 620. The summed E-state index contributed by atoms with van der Waals surface area (Å²) in [5.74, 6) is 1.55. The van der Waals surface area contributed by atoms with Crippen LogP contribution in [0, 0.1) is 17.8 Å². The predicted octanol–water partition coefficient (Wildman–Crippen LogP) is 5.39. The van der Waals surface area contributed by atoms with Crippen LogP contribution in [0.4, 0.5) is 0 Å². The van der Waals surface area contributed by atoms with E-state index in [1.165, 1.54) is 16.8 Å². The second-order valence-corrected chi connectivity index (χ2v) is 11.7. The van der Waals surface area contributed by atoms with E-state index in [0.717, 1.165) is 13.0 Å². The van der Waals surface area contributed by atoms with Crippen LogP contribution in [0.1, 0.15) is 54.4 Å². The number of rotatable bonds is 11. The van der Waals surface area contributed by atoms with Crippen molar-refractivity contribution in [1.29, 1.82) is 0 Å². The Labute approximate surface area is 173 Å². The fraction of sp³-hybridized carbons (Fsp3) is 0.520. The third-order valence-electron chi connectivity index (χ3n) is 5.15. The largest absolute Gasteiger partial charge is 0.407 e. The third kappa shape index (κ3) is 6.04. The molecule has 0 unspecified atom stereocenters. The average molecular weight is 399 g/mol. The van der Waals surface area contributed by atoms with Crippen LogP contribution < -0.4 is 10.4 Å². The molecule has 0 spiro atoms.